The molecule has 32 heavy (non-hydrogen) atoms. The molecule has 4 heteroatoms. The minimum atomic E-state index is 0. The van der Waals surface area contributed by atoms with Crippen LogP contribution < -0.4 is 17.2 Å². The molecule has 4 aromatic carbocycles. The van der Waals surface area contributed by atoms with E-state index in [0.717, 1.165) is 18.7 Å². The molecule has 0 atom stereocenters. The molecule has 7 N–H and O–H groups in total. The van der Waals surface area contributed by atoms with Gasteiger partial charge in [0.15, 0.2) is 0 Å². The first-order chi connectivity index (χ1) is 15.3. The van der Waals surface area contributed by atoms with Gasteiger partial charge < -0.3 is 22.3 Å². The largest absolute Gasteiger partial charge is 0.392 e. The Morgan fingerprint density at radius 2 is 0.812 bits per heavy atom. The third-order valence-corrected chi connectivity index (χ3v) is 4.45. The second kappa shape index (κ2) is 17.4. The molecule has 0 bridgehead atoms. The number of aliphatic hydroxyl groups excluding tert-OH is 1. The summed E-state index contributed by atoms with van der Waals surface area (Å²) in [7, 11) is 0. The van der Waals surface area contributed by atoms with E-state index in [1.807, 2.05) is 72.8 Å². The number of nitrogens with two attached hydrogens (primary N) is 1. The first kappa shape index (κ1) is 26.8. The van der Waals surface area contributed by atoms with Gasteiger partial charge in [-0.05, 0) is 22.3 Å². The highest BCUT2D eigenvalue weighted by Crippen LogP contribution is 2.00. The minimum Gasteiger partial charge on any atom is -0.392 e. The Morgan fingerprint density at radius 3 is 1.06 bits per heavy atom. The maximum Gasteiger partial charge on any atom is 0.0681 e. The molecule has 0 amide bonds. The average molecular weight is 430 g/mol. The van der Waals surface area contributed by atoms with Crippen molar-refractivity contribution in [1.29, 1.82) is 0 Å². The van der Waals surface area contributed by atoms with Gasteiger partial charge in [0.25, 0.3) is 0 Å². The monoisotopic (exact) mass is 429 g/mol. The van der Waals surface area contributed by atoms with Crippen molar-refractivity contribution < 1.29 is 5.11 Å². The molecule has 0 aliphatic rings. The van der Waals surface area contributed by atoms with E-state index >= 15 is 0 Å². The standard InChI is InChI=1S/C14H15N.C7H9N.C7H8O.H3N/c1-3-7-13(8-4-1)11-15-12-14-9-5-2-6-10-14;2*8-6-7-4-2-1-3-5-7;/h1-10,15H,11-12H2;1-5H,6,8H2;1-5,8H,6H2;1H3. The first-order valence-corrected chi connectivity index (χ1v) is 10.5. The molecule has 0 aliphatic carbocycles. The van der Waals surface area contributed by atoms with Crippen molar-refractivity contribution in [3.63, 3.8) is 0 Å². The van der Waals surface area contributed by atoms with Gasteiger partial charge >= 0.3 is 0 Å². The van der Waals surface area contributed by atoms with Crippen molar-refractivity contribution in [3.05, 3.63) is 144 Å². The molecule has 0 saturated carbocycles. The van der Waals surface area contributed by atoms with E-state index in [4.69, 9.17) is 10.8 Å². The fourth-order valence-electron chi connectivity index (χ4n) is 2.74. The van der Waals surface area contributed by atoms with Crippen LogP contribution in [0.25, 0.3) is 0 Å². The van der Waals surface area contributed by atoms with Crippen LogP contribution in [-0.2, 0) is 26.2 Å². The highest BCUT2D eigenvalue weighted by atomic mass is 16.3. The second-order valence-corrected chi connectivity index (χ2v) is 6.91. The summed E-state index contributed by atoms with van der Waals surface area (Å²) >= 11 is 0. The summed E-state index contributed by atoms with van der Waals surface area (Å²) in [6.45, 7) is 2.63. The van der Waals surface area contributed by atoms with Crippen LogP contribution in [0.1, 0.15) is 22.3 Å². The van der Waals surface area contributed by atoms with Gasteiger partial charge in [-0.15, -0.1) is 0 Å². The van der Waals surface area contributed by atoms with Gasteiger partial charge in [-0.25, -0.2) is 0 Å². The zero-order valence-corrected chi connectivity index (χ0v) is 18.6. The van der Waals surface area contributed by atoms with Crippen molar-refractivity contribution in [2.45, 2.75) is 26.2 Å². The molecule has 4 rings (SSSR count). The van der Waals surface area contributed by atoms with Gasteiger partial charge in [-0.1, -0.05) is 121 Å². The SMILES string of the molecule is N.NCc1ccccc1.OCc1ccccc1.c1ccc(CNCc2ccccc2)cc1. The lowest BCUT2D eigenvalue weighted by Crippen LogP contribution is -2.12. The highest BCUT2D eigenvalue weighted by Gasteiger charge is 1.92. The van der Waals surface area contributed by atoms with E-state index in [-0.39, 0.29) is 12.8 Å². The van der Waals surface area contributed by atoms with Crippen molar-refractivity contribution >= 4 is 0 Å². The van der Waals surface area contributed by atoms with E-state index in [1.54, 1.807) is 0 Å². The summed E-state index contributed by atoms with van der Waals surface area (Å²) in [5.41, 5.74) is 10.2. The summed E-state index contributed by atoms with van der Waals surface area (Å²) in [5, 5.41) is 12.0. The number of nitrogens with one attached hydrogen (secondary N) is 1. The molecule has 0 aromatic heterocycles. The summed E-state index contributed by atoms with van der Waals surface area (Å²) in [5.74, 6) is 0. The predicted molar refractivity (Wildman–Crippen MR) is 135 cm³/mol. The second-order valence-electron chi connectivity index (χ2n) is 6.91. The third-order valence-electron chi connectivity index (χ3n) is 4.45. The molecule has 0 unspecified atom stereocenters. The van der Waals surface area contributed by atoms with Crippen LogP contribution in [0.4, 0.5) is 0 Å². The lowest BCUT2D eigenvalue weighted by Gasteiger charge is -2.04. The Balaban J connectivity index is 0.000000257. The molecular formula is C28H35N3O. The molecule has 4 aromatic rings. The zero-order chi connectivity index (χ0) is 22.0. The van der Waals surface area contributed by atoms with Crippen LogP contribution in [-0.4, -0.2) is 5.11 Å². The molecular weight excluding hydrogens is 394 g/mol. The van der Waals surface area contributed by atoms with Crippen molar-refractivity contribution in [2.24, 2.45) is 5.73 Å². The number of hydrogen-bond acceptors (Lipinski definition) is 4. The zero-order valence-electron chi connectivity index (χ0n) is 18.6. The molecule has 0 fully saturated rings. The minimum absolute atomic E-state index is 0. The molecule has 0 aliphatic heterocycles. The third kappa shape index (κ3) is 11.8. The van der Waals surface area contributed by atoms with Crippen LogP contribution >= 0.6 is 0 Å². The topological polar surface area (TPSA) is 93.3 Å². The van der Waals surface area contributed by atoms with Gasteiger partial charge in [-0.2, -0.15) is 0 Å². The predicted octanol–water partition coefficient (Wildman–Crippen LogP) is 5.46. The molecule has 0 saturated heterocycles. The van der Waals surface area contributed by atoms with Gasteiger partial charge in [0.1, 0.15) is 0 Å². The van der Waals surface area contributed by atoms with Crippen molar-refractivity contribution in [3.8, 4) is 0 Å². The van der Waals surface area contributed by atoms with Gasteiger partial charge in [-0.3, -0.25) is 0 Å². The Labute approximate surface area is 192 Å². The van der Waals surface area contributed by atoms with E-state index in [2.05, 4.69) is 53.8 Å². The van der Waals surface area contributed by atoms with Gasteiger partial charge in [0.05, 0.1) is 6.61 Å². The average Bonchev–Trinajstić information content (AvgIpc) is 2.87. The first-order valence-electron chi connectivity index (χ1n) is 10.5. The fourth-order valence-corrected chi connectivity index (χ4v) is 2.74. The summed E-state index contributed by atoms with van der Waals surface area (Å²) in [4.78, 5) is 0. The number of aliphatic hydroxyl groups is 1. The molecule has 168 valence electrons. The van der Waals surface area contributed by atoms with E-state index in [1.165, 1.54) is 16.7 Å². The summed E-state index contributed by atoms with van der Waals surface area (Å²) in [6.07, 6.45) is 0. The van der Waals surface area contributed by atoms with E-state index in [0.29, 0.717) is 6.54 Å². The normalized spacial score (nSPS) is 9.31. The van der Waals surface area contributed by atoms with Crippen LogP contribution in [0.2, 0.25) is 0 Å². The van der Waals surface area contributed by atoms with Crippen molar-refractivity contribution in [1.82, 2.24) is 11.5 Å². The number of rotatable bonds is 6. The summed E-state index contributed by atoms with van der Waals surface area (Å²) in [6, 6.07) is 40.4. The summed E-state index contributed by atoms with van der Waals surface area (Å²) < 4.78 is 0. The lowest BCUT2D eigenvalue weighted by atomic mass is 10.2. The Hall–Kier alpha value is -3.28. The molecule has 0 spiro atoms. The maximum atomic E-state index is 8.54. The van der Waals surface area contributed by atoms with Gasteiger partial charge in [0, 0.05) is 19.6 Å². The Bertz CT molecular complexity index is 839. The molecule has 0 radical (unpaired) electrons. The van der Waals surface area contributed by atoms with E-state index in [9.17, 15) is 0 Å². The van der Waals surface area contributed by atoms with Crippen LogP contribution in [0.3, 0.4) is 0 Å². The lowest BCUT2D eigenvalue weighted by molar-refractivity contribution is 0.282. The fraction of sp³-hybridized carbons (Fsp3) is 0.143. The highest BCUT2D eigenvalue weighted by molar-refractivity contribution is 5.17. The quantitative estimate of drug-likeness (QED) is 0.327. The Morgan fingerprint density at radius 1 is 0.500 bits per heavy atom. The van der Waals surface area contributed by atoms with E-state index < -0.39 is 0 Å². The van der Waals surface area contributed by atoms with Crippen LogP contribution in [0.5, 0.6) is 0 Å². The molecule has 0 heterocycles. The Kier molecular flexibility index (Phi) is 14.6. The maximum absolute atomic E-state index is 8.54. The number of benzene rings is 4. The number of hydrogen-bond donors (Lipinski definition) is 4. The van der Waals surface area contributed by atoms with Crippen LogP contribution in [0.15, 0.2) is 121 Å². The van der Waals surface area contributed by atoms with Crippen LogP contribution in [0, 0.1) is 0 Å². The smallest absolute Gasteiger partial charge is 0.0681 e. The van der Waals surface area contributed by atoms with Gasteiger partial charge in [0.2, 0.25) is 0 Å². The molecule has 4 nitrogen and oxygen atoms in total. The van der Waals surface area contributed by atoms with Crippen molar-refractivity contribution in [2.75, 3.05) is 0 Å².